The Bertz CT molecular complexity index is 442. The molecule has 0 aromatic rings. The molecule has 0 aliphatic heterocycles. The van der Waals surface area contributed by atoms with E-state index in [9.17, 15) is 0 Å². The van der Waals surface area contributed by atoms with Gasteiger partial charge in [0.25, 0.3) is 0 Å². The second-order valence-electron chi connectivity index (χ2n) is 9.18. The first-order valence-electron chi connectivity index (χ1n) is 9.62. The highest BCUT2D eigenvalue weighted by atomic mass is 14.6. The molecule has 6 saturated carbocycles. The molecule has 108 valence electrons. The van der Waals surface area contributed by atoms with Crippen LogP contribution in [-0.2, 0) is 0 Å². The molecule has 0 saturated heterocycles. The summed E-state index contributed by atoms with van der Waals surface area (Å²) in [7, 11) is 0. The minimum Gasteiger partial charge on any atom is -0.0670 e. The fourth-order valence-electron chi connectivity index (χ4n) is 8.45. The van der Waals surface area contributed by atoms with E-state index in [2.05, 4.69) is 11.1 Å². The number of rotatable bonds is 0. The van der Waals surface area contributed by atoms with Crippen LogP contribution in [0.2, 0.25) is 0 Å². The lowest BCUT2D eigenvalue weighted by Crippen LogP contribution is -2.11. The van der Waals surface area contributed by atoms with E-state index in [1.165, 1.54) is 0 Å². The fraction of sp³-hybridized carbons (Fsp3) is 0.900. The largest absolute Gasteiger partial charge is 0.0670 e. The molecule has 0 bridgehead atoms. The van der Waals surface area contributed by atoms with Crippen molar-refractivity contribution < 1.29 is 0 Å². The van der Waals surface area contributed by atoms with Crippen LogP contribution >= 0.6 is 0 Å². The van der Waals surface area contributed by atoms with Crippen LogP contribution in [0.1, 0.15) is 64.2 Å². The monoisotopic (exact) mass is 268 g/mol. The van der Waals surface area contributed by atoms with Crippen molar-refractivity contribution in [2.75, 3.05) is 0 Å². The van der Waals surface area contributed by atoms with Crippen LogP contribution in [0.4, 0.5) is 0 Å². The lowest BCUT2D eigenvalue weighted by atomic mass is 9.86. The van der Waals surface area contributed by atoms with E-state index in [1.54, 1.807) is 64.2 Å². The van der Waals surface area contributed by atoms with Gasteiger partial charge in [-0.3, -0.25) is 0 Å². The summed E-state index contributed by atoms with van der Waals surface area (Å²) in [6.45, 7) is 0. The van der Waals surface area contributed by atoms with Crippen molar-refractivity contribution in [3.05, 3.63) is 11.1 Å². The Kier molecular flexibility index (Phi) is 2.11. The van der Waals surface area contributed by atoms with Crippen LogP contribution in [0, 0.1) is 47.3 Å². The average Bonchev–Trinajstić information content (AvgIpc) is 3.18. The molecule has 0 unspecified atom stereocenters. The zero-order chi connectivity index (χ0) is 12.8. The van der Waals surface area contributed by atoms with Crippen LogP contribution in [0.3, 0.4) is 0 Å². The summed E-state index contributed by atoms with van der Waals surface area (Å²) in [6, 6.07) is 0. The van der Waals surface area contributed by atoms with E-state index in [4.69, 9.17) is 0 Å². The van der Waals surface area contributed by atoms with Crippen LogP contribution in [0.25, 0.3) is 0 Å². The summed E-state index contributed by atoms with van der Waals surface area (Å²) in [5.74, 6) is 9.06. The molecule has 6 fully saturated rings. The maximum atomic E-state index is 2.07. The molecule has 6 aliphatic carbocycles. The molecule has 0 spiro atoms. The third-order valence-electron chi connectivity index (χ3n) is 8.89. The van der Waals surface area contributed by atoms with Gasteiger partial charge in [-0.1, -0.05) is 11.1 Å². The van der Waals surface area contributed by atoms with Crippen LogP contribution in [0.15, 0.2) is 11.1 Å². The standard InChI is InChI=1S/C20H28/c1-3-13-9-17(15-7-5-11(1)19(13)15)18-10-14-4-2-12-6-8-16(18)20(12)14/h11-16,19-20H,1-10H2/b18-17-/t11-,12+,13+,14-,15+,16-,19-,20-/m1/s1. The molecule has 0 radical (unpaired) electrons. The second-order valence-corrected chi connectivity index (χ2v) is 9.18. The molecule has 0 heterocycles. The Morgan fingerprint density at radius 3 is 1.35 bits per heavy atom. The van der Waals surface area contributed by atoms with Gasteiger partial charge in [0.2, 0.25) is 0 Å². The maximum absolute atomic E-state index is 2.07. The zero-order valence-corrected chi connectivity index (χ0v) is 12.7. The van der Waals surface area contributed by atoms with Crippen molar-refractivity contribution in [3.63, 3.8) is 0 Å². The minimum atomic E-state index is 1.08. The Morgan fingerprint density at radius 2 is 0.850 bits per heavy atom. The summed E-state index contributed by atoms with van der Waals surface area (Å²) >= 11 is 0. The first-order chi connectivity index (χ1) is 9.90. The van der Waals surface area contributed by atoms with E-state index in [-0.39, 0.29) is 0 Å². The van der Waals surface area contributed by atoms with Crippen molar-refractivity contribution in [1.82, 2.24) is 0 Å². The van der Waals surface area contributed by atoms with Gasteiger partial charge >= 0.3 is 0 Å². The highest BCUT2D eigenvalue weighted by molar-refractivity contribution is 5.33. The van der Waals surface area contributed by atoms with Crippen LogP contribution in [-0.4, -0.2) is 0 Å². The van der Waals surface area contributed by atoms with Gasteiger partial charge in [0.1, 0.15) is 0 Å². The Balaban J connectivity index is 1.42. The van der Waals surface area contributed by atoms with Gasteiger partial charge in [-0.15, -0.1) is 0 Å². The predicted molar refractivity (Wildman–Crippen MR) is 81.1 cm³/mol. The lowest BCUT2D eigenvalue weighted by Gasteiger charge is -2.19. The third kappa shape index (κ3) is 1.22. The molecule has 20 heavy (non-hydrogen) atoms. The Labute approximate surface area is 123 Å². The number of hydrogen-bond donors (Lipinski definition) is 0. The average molecular weight is 268 g/mol. The zero-order valence-electron chi connectivity index (χ0n) is 12.7. The van der Waals surface area contributed by atoms with Crippen molar-refractivity contribution in [3.8, 4) is 0 Å². The van der Waals surface area contributed by atoms with Crippen molar-refractivity contribution in [2.45, 2.75) is 64.2 Å². The van der Waals surface area contributed by atoms with Gasteiger partial charge in [-0.25, -0.2) is 0 Å². The van der Waals surface area contributed by atoms with Gasteiger partial charge < -0.3 is 0 Å². The molecule has 0 nitrogen and oxygen atoms in total. The highest BCUT2D eigenvalue weighted by Gasteiger charge is 2.56. The summed E-state index contributed by atoms with van der Waals surface area (Å²) in [6.07, 6.45) is 15.8. The van der Waals surface area contributed by atoms with Crippen molar-refractivity contribution in [2.24, 2.45) is 47.3 Å². The molecular weight excluding hydrogens is 240 g/mol. The Hall–Kier alpha value is -0.260. The lowest BCUT2D eigenvalue weighted by molar-refractivity contribution is 0.359. The molecule has 8 atom stereocenters. The second kappa shape index (κ2) is 3.73. The molecule has 6 rings (SSSR count). The van der Waals surface area contributed by atoms with Gasteiger partial charge in [-0.05, 0) is 112 Å². The molecule has 0 heteroatoms. The van der Waals surface area contributed by atoms with Crippen molar-refractivity contribution >= 4 is 0 Å². The summed E-state index contributed by atoms with van der Waals surface area (Å²) in [4.78, 5) is 0. The summed E-state index contributed by atoms with van der Waals surface area (Å²) in [5.41, 5.74) is 4.14. The van der Waals surface area contributed by atoms with E-state index in [0.717, 1.165) is 47.3 Å². The van der Waals surface area contributed by atoms with E-state index < -0.39 is 0 Å². The van der Waals surface area contributed by atoms with Gasteiger partial charge in [0.05, 0.1) is 0 Å². The van der Waals surface area contributed by atoms with E-state index >= 15 is 0 Å². The van der Waals surface area contributed by atoms with E-state index in [1.807, 2.05) is 0 Å². The molecule has 0 aromatic carbocycles. The van der Waals surface area contributed by atoms with Gasteiger partial charge in [0.15, 0.2) is 0 Å². The topological polar surface area (TPSA) is 0 Å². The highest BCUT2D eigenvalue weighted by Crippen LogP contribution is 2.66. The smallest absolute Gasteiger partial charge is 0.0166 e. The summed E-state index contributed by atoms with van der Waals surface area (Å²) < 4.78 is 0. The van der Waals surface area contributed by atoms with Gasteiger partial charge in [0, 0.05) is 0 Å². The first kappa shape index (κ1) is 11.3. The van der Waals surface area contributed by atoms with E-state index in [0.29, 0.717) is 0 Å². The molecule has 0 amide bonds. The predicted octanol–water partition coefficient (Wildman–Crippen LogP) is 5.20. The number of hydrogen-bond acceptors (Lipinski definition) is 0. The van der Waals surface area contributed by atoms with Gasteiger partial charge in [-0.2, -0.15) is 0 Å². The SMILES string of the molecule is C1C[C@@H]2C/C(=C3\C[C@@H]4CC[C@@H]5CC[C@@H]3[C@H]54)[C@H]3CC[C@H]1[C@H]23. The number of allylic oxidation sites excluding steroid dienone is 2. The normalized spacial score (nSPS) is 62.4. The fourth-order valence-corrected chi connectivity index (χ4v) is 8.45. The Morgan fingerprint density at radius 1 is 0.450 bits per heavy atom. The van der Waals surface area contributed by atoms with Crippen molar-refractivity contribution in [1.29, 1.82) is 0 Å². The molecular formula is C20H28. The molecule has 6 aliphatic rings. The quantitative estimate of drug-likeness (QED) is 0.530. The minimum absolute atomic E-state index is 1.08. The van der Waals surface area contributed by atoms with Crippen LogP contribution < -0.4 is 0 Å². The third-order valence-corrected chi connectivity index (χ3v) is 8.89. The first-order valence-corrected chi connectivity index (χ1v) is 9.62. The molecule has 0 aromatic heterocycles. The molecule has 0 N–H and O–H groups in total. The van der Waals surface area contributed by atoms with Crippen LogP contribution in [0.5, 0.6) is 0 Å². The maximum Gasteiger partial charge on any atom is -0.0166 e. The summed E-state index contributed by atoms with van der Waals surface area (Å²) in [5, 5.41) is 0.